The van der Waals surface area contributed by atoms with E-state index in [0.717, 1.165) is 18.9 Å². The number of hydrogen-bond acceptors (Lipinski definition) is 5. The van der Waals surface area contributed by atoms with Crippen molar-refractivity contribution in [2.24, 2.45) is 0 Å². The lowest BCUT2D eigenvalue weighted by molar-refractivity contribution is 0.571. The Kier molecular flexibility index (Phi) is 3.57. The summed E-state index contributed by atoms with van der Waals surface area (Å²) >= 11 is 0. The zero-order valence-electron chi connectivity index (χ0n) is 10.8. The molecular formula is C13H21N5. The number of piperidine rings is 1. The third-order valence-electron chi connectivity index (χ3n) is 3.91. The molecule has 1 aromatic rings. The average Bonchev–Trinajstić information content (AvgIpc) is 2.93. The normalized spacial score (nSPS) is 21.2. The molecule has 2 aliphatic rings. The maximum absolute atomic E-state index is 4.60. The zero-order chi connectivity index (χ0) is 12.2. The number of anilines is 2. The summed E-state index contributed by atoms with van der Waals surface area (Å²) in [4.78, 5) is 6.92. The molecular weight excluding hydrogens is 226 g/mol. The molecule has 2 heterocycles. The van der Waals surface area contributed by atoms with Crippen molar-refractivity contribution in [1.82, 2.24) is 15.2 Å². The van der Waals surface area contributed by atoms with Crippen LogP contribution < -0.4 is 10.2 Å². The van der Waals surface area contributed by atoms with Crippen molar-refractivity contribution >= 4 is 11.8 Å². The van der Waals surface area contributed by atoms with E-state index in [1.54, 1.807) is 6.20 Å². The van der Waals surface area contributed by atoms with Gasteiger partial charge in [-0.3, -0.25) is 0 Å². The van der Waals surface area contributed by atoms with Gasteiger partial charge in [0, 0.05) is 19.1 Å². The lowest BCUT2D eigenvalue weighted by Gasteiger charge is -2.27. The van der Waals surface area contributed by atoms with Crippen LogP contribution in [-0.4, -0.2) is 34.3 Å². The molecule has 0 amide bonds. The standard InChI is InChI=1S/C13H21N5/c1-4-8-18(9-5-1)12-10-14-17-13(16-12)15-11-6-2-3-7-11/h10-11H,1-9H2,(H,15,16,17). The van der Waals surface area contributed by atoms with Crippen molar-refractivity contribution in [3.63, 3.8) is 0 Å². The van der Waals surface area contributed by atoms with Gasteiger partial charge in [0.2, 0.25) is 5.95 Å². The first-order chi connectivity index (χ1) is 8.92. The highest BCUT2D eigenvalue weighted by Gasteiger charge is 2.17. The average molecular weight is 247 g/mol. The Morgan fingerprint density at radius 2 is 1.83 bits per heavy atom. The topological polar surface area (TPSA) is 53.9 Å². The first kappa shape index (κ1) is 11.7. The molecule has 5 nitrogen and oxygen atoms in total. The molecule has 1 saturated heterocycles. The highest BCUT2D eigenvalue weighted by molar-refractivity contribution is 5.40. The Balaban J connectivity index is 1.67. The molecule has 1 saturated carbocycles. The Bertz CT molecular complexity index is 383. The molecule has 3 rings (SSSR count). The molecule has 98 valence electrons. The minimum Gasteiger partial charge on any atom is -0.355 e. The molecule has 0 bridgehead atoms. The van der Waals surface area contributed by atoms with Crippen LogP contribution in [0.4, 0.5) is 11.8 Å². The monoisotopic (exact) mass is 247 g/mol. The van der Waals surface area contributed by atoms with Gasteiger partial charge in [-0.15, -0.1) is 5.10 Å². The van der Waals surface area contributed by atoms with Crippen LogP contribution in [0.3, 0.4) is 0 Å². The molecule has 5 heteroatoms. The van der Waals surface area contributed by atoms with Crippen LogP contribution >= 0.6 is 0 Å². The molecule has 0 radical (unpaired) electrons. The van der Waals surface area contributed by atoms with Gasteiger partial charge < -0.3 is 10.2 Å². The van der Waals surface area contributed by atoms with E-state index in [4.69, 9.17) is 0 Å². The summed E-state index contributed by atoms with van der Waals surface area (Å²) in [6.07, 6.45) is 10.7. The molecule has 2 fully saturated rings. The summed E-state index contributed by atoms with van der Waals surface area (Å²) in [5, 5.41) is 11.6. The maximum Gasteiger partial charge on any atom is 0.244 e. The van der Waals surface area contributed by atoms with Crippen LogP contribution in [0.5, 0.6) is 0 Å². The Morgan fingerprint density at radius 3 is 2.61 bits per heavy atom. The van der Waals surface area contributed by atoms with E-state index in [0.29, 0.717) is 12.0 Å². The van der Waals surface area contributed by atoms with Gasteiger partial charge in [-0.25, -0.2) is 0 Å². The van der Waals surface area contributed by atoms with Gasteiger partial charge in [-0.05, 0) is 32.1 Å². The number of hydrogen-bond donors (Lipinski definition) is 1. The third-order valence-corrected chi connectivity index (χ3v) is 3.91. The smallest absolute Gasteiger partial charge is 0.244 e. The summed E-state index contributed by atoms with van der Waals surface area (Å²) < 4.78 is 0. The van der Waals surface area contributed by atoms with E-state index in [1.165, 1.54) is 44.9 Å². The van der Waals surface area contributed by atoms with Crippen LogP contribution in [0.2, 0.25) is 0 Å². The molecule has 1 aliphatic heterocycles. The minimum atomic E-state index is 0.545. The van der Waals surface area contributed by atoms with E-state index in [-0.39, 0.29) is 0 Å². The largest absolute Gasteiger partial charge is 0.355 e. The van der Waals surface area contributed by atoms with Gasteiger partial charge in [0.15, 0.2) is 5.82 Å². The number of nitrogens with one attached hydrogen (secondary N) is 1. The Labute approximate surface area is 108 Å². The first-order valence-corrected chi connectivity index (χ1v) is 7.13. The van der Waals surface area contributed by atoms with Crippen LogP contribution in [0.1, 0.15) is 44.9 Å². The molecule has 0 spiro atoms. The Hall–Kier alpha value is -1.39. The number of rotatable bonds is 3. The van der Waals surface area contributed by atoms with E-state index in [1.807, 2.05) is 0 Å². The molecule has 1 N–H and O–H groups in total. The fraction of sp³-hybridized carbons (Fsp3) is 0.769. The van der Waals surface area contributed by atoms with Crippen molar-refractivity contribution in [2.45, 2.75) is 51.0 Å². The molecule has 1 aliphatic carbocycles. The fourth-order valence-electron chi connectivity index (χ4n) is 2.88. The lowest BCUT2D eigenvalue weighted by Crippen LogP contribution is -2.30. The van der Waals surface area contributed by atoms with Gasteiger partial charge in [-0.1, -0.05) is 12.8 Å². The molecule has 0 unspecified atom stereocenters. The van der Waals surface area contributed by atoms with Gasteiger partial charge in [-0.2, -0.15) is 10.1 Å². The van der Waals surface area contributed by atoms with Crippen molar-refractivity contribution in [3.05, 3.63) is 6.20 Å². The van der Waals surface area contributed by atoms with E-state index >= 15 is 0 Å². The van der Waals surface area contributed by atoms with Gasteiger partial charge in [0.25, 0.3) is 0 Å². The van der Waals surface area contributed by atoms with E-state index in [9.17, 15) is 0 Å². The first-order valence-electron chi connectivity index (χ1n) is 7.13. The van der Waals surface area contributed by atoms with Crippen molar-refractivity contribution < 1.29 is 0 Å². The van der Waals surface area contributed by atoms with Crippen LogP contribution in [-0.2, 0) is 0 Å². The van der Waals surface area contributed by atoms with Crippen molar-refractivity contribution in [1.29, 1.82) is 0 Å². The number of nitrogens with zero attached hydrogens (tertiary/aromatic N) is 4. The zero-order valence-corrected chi connectivity index (χ0v) is 10.8. The lowest BCUT2D eigenvalue weighted by atomic mass is 10.1. The van der Waals surface area contributed by atoms with Crippen molar-refractivity contribution in [3.8, 4) is 0 Å². The van der Waals surface area contributed by atoms with Crippen LogP contribution in [0, 0.1) is 0 Å². The Morgan fingerprint density at radius 1 is 1.06 bits per heavy atom. The third kappa shape index (κ3) is 2.71. The van der Waals surface area contributed by atoms with Crippen LogP contribution in [0.25, 0.3) is 0 Å². The fourth-order valence-corrected chi connectivity index (χ4v) is 2.88. The maximum atomic E-state index is 4.60. The van der Waals surface area contributed by atoms with Gasteiger partial charge in [0.05, 0.1) is 6.20 Å². The quantitative estimate of drug-likeness (QED) is 0.887. The summed E-state index contributed by atoms with van der Waals surface area (Å²) in [6.45, 7) is 2.20. The van der Waals surface area contributed by atoms with Gasteiger partial charge >= 0.3 is 0 Å². The predicted octanol–water partition coefficient (Wildman–Crippen LogP) is 2.22. The molecule has 0 atom stereocenters. The summed E-state index contributed by atoms with van der Waals surface area (Å²) in [6, 6.07) is 0.545. The second kappa shape index (κ2) is 5.50. The second-order valence-electron chi connectivity index (χ2n) is 5.31. The molecule has 1 aromatic heterocycles. The highest BCUT2D eigenvalue weighted by Crippen LogP contribution is 2.22. The molecule has 18 heavy (non-hydrogen) atoms. The van der Waals surface area contributed by atoms with Crippen molar-refractivity contribution in [2.75, 3.05) is 23.3 Å². The summed E-state index contributed by atoms with van der Waals surface area (Å²) in [5.41, 5.74) is 0. The van der Waals surface area contributed by atoms with E-state index in [2.05, 4.69) is 25.4 Å². The minimum absolute atomic E-state index is 0.545. The van der Waals surface area contributed by atoms with E-state index < -0.39 is 0 Å². The van der Waals surface area contributed by atoms with Gasteiger partial charge in [0.1, 0.15) is 0 Å². The number of aromatic nitrogens is 3. The highest BCUT2D eigenvalue weighted by atomic mass is 15.3. The molecule has 0 aromatic carbocycles. The SMILES string of the molecule is c1nnc(NC2CCCC2)nc1N1CCCCC1. The predicted molar refractivity (Wildman–Crippen MR) is 71.8 cm³/mol. The summed E-state index contributed by atoms with van der Waals surface area (Å²) in [7, 11) is 0. The summed E-state index contributed by atoms with van der Waals surface area (Å²) in [5.74, 6) is 1.68. The van der Waals surface area contributed by atoms with Crippen LogP contribution in [0.15, 0.2) is 6.20 Å². The second-order valence-corrected chi connectivity index (χ2v) is 5.31.